The van der Waals surface area contributed by atoms with Gasteiger partial charge >= 0.3 is 0 Å². The number of nitrogens with two attached hydrogens (primary N) is 1. The minimum Gasteiger partial charge on any atom is -0.508 e. The summed E-state index contributed by atoms with van der Waals surface area (Å²) in [5.41, 5.74) is 7.17. The molecule has 4 N–H and O–H groups in total. The highest BCUT2D eigenvalue weighted by Gasteiger charge is 2.41. The highest BCUT2D eigenvalue weighted by molar-refractivity contribution is 5.43. The van der Waals surface area contributed by atoms with E-state index in [-0.39, 0.29) is 17.9 Å². The highest BCUT2D eigenvalue weighted by atomic mass is 16.3. The predicted molar refractivity (Wildman–Crippen MR) is 49.1 cm³/mol. The molecule has 70 valence electrons. The standard InChI is InChI=1S/C10H13NO2/c11-10(3-4-10)8-5-7(6-12)1-2-9(8)13/h1-2,5,12-13H,3-4,6,11H2. The van der Waals surface area contributed by atoms with Crippen LogP contribution >= 0.6 is 0 Å². The number of aliphatic hydroxyl groups excluding tert-OH is 1. The minimum atomic E-state index is -0.338. The second kappa shape index (κ2) is 2.72. The van der Waals surface area contributed by atoms with E-state index in [0.29, 0.717) is 0 Å². The van der Waals surface area contributed by atoms with Gasteiger partial charge in [0.05, 0.1) is 6.61 Å². The number of phenols is 1. The summed E-state index contributed by atoms with van der Waals surface area (Å²) < 4.78 is 0. The Kier molecular flexibility index (Phi) is 1.78. The molecular weight excluding hydrogens is 166 g/mol. The van der Waals surface area contributed by atoms with Crippen molar-refractivity contribution in [2.24, 2.45) is 5.73 Å². The molecule has 0 atom stereocenters. The van der Waals surface area contributed by atoms with Gasteiger partial charge in [0.15, 0.2) is 0 Å². The number of rotatable bonds is 2. The van der Waals surface area contributed by atoms with Crippen LogP contribution in [0.5, 0.6) is 5.75 Å². The first kappa shape index (κ1) is 8.53. The smallest absolute Gasteiger partial charge is 0.120 e. The van der Waals surface area contributed by atoms with Crippen molar-refractivity contribution in [2.75, 3.05) is 0 Å². The molecule has 0 radical (unpaired) electrons. The van der Waals surface area contributed by atoms with Crippen molar-refractivity contribution < 1.29 is 10.2 Å². The van der Waals surface area contributed by atoms with Gasteiger partial charge in [-0.25, -0.2) is 0 Å². The zero-order valence-electron chi connectivity index (χ0n) is 7.33. The lowest BCUT2D eigenvalue weighted by molar-refractivity contribution is 0.281. The molecule has 3 heteroatoms. The van der Waals surface area contributed by atoms with Gasteiger partial charge in [0.25, 0.3) is 0 Å². The van der Waals surface area contributed by atoms with Crippen LogP contribution in [0.1, 0.15) is 24.0 Å². The number of aromatic hydroxyl groups is 1. The average Bonchev–Trinajstić information content (AvgIpc) is 2.86. The lowest BCUT2D eigenvalue weighted by Crippen LogP contribution is -2.19. The topological polar surface area (TPSA) is 66.5 Å². The van der Waals surface area contributed by atoms with Crippen molar-refractivity contribution in [3.05, 3.63) is 29.3 Å². The highest BCUT2D eigenvalue weighted by Crippen LogP contribution is 2.46. The van der Waals surface area contributed by atoms with Crippen molar-refractivity contribution in [3.63, 3.8) is 0 Å². The summed E-state index contributed by atoms with van der Waals surface area (Å²) in [7, 11) is 0. The summed E-state index contributed by atoms with van der Waals surface area (Å²) in [6, 6.07) is 5.07. The Labute approximate surface area is 76.8 Å². The Morgan fingerprint density at radius 1 is 1.38 bits per heavy atom. The van der Waals surface area contributed by atoms with Crippen molar-refractivity contribution >= 4 is 0 Å². The van der Waals surface area contributed by atoms with E-state index in [1.165, 1.54) is 0 Å². The molecule has 1 fully saturated rings. The molecule has 0 aromatic heterocycles. The van der Waals surface area contributed by atoms with Crippen molar-refractivity contribution in [2.45, 2.75) is 25.0 Å². The molecular formula is C10H13NO2. The molecule has 2 rings (SSSR count). The minimum absolute atomic E-state index is 0.0106. The molecule has 0 aliphatic heterocycles. The summed E-state index contributed by atoms with van der Waals surface area (Å²) in [5, 5.41) is 18.5. The molecule has 1 saturated carbocycles. The summed E-state index contributed by atoms with van der Waals surface area (Å²) in [6.07, 6.45) is 1.82. The van der Waals surface area contributed by atoms with Crippen LogP contribution in [-0.4, -0.2) is 10.2 Å². The van der Waals surface area contributed by atoms with Crippen LogP contribution in [0.4, 0.5) is 0 Å². The summed E-state index contributed by atoms with van der Waals surface area (Å²) in [4.78, 5) is 0. The van der Waals surface area contributed by atoms with Gasteiger partial charge in [-0.2, -0.15) is 0 Å². The molecule has 0 heterocycles. The van der Waals surface area contributed by atoms with Crippen LogP contribution in [0, 0.1) is 0 Å². The van der Waals surface area contributed by atoms with Crippen LogP contribution in [0.2, 0.25) is 0 Å². The van der Waals surface area contributed by atoms with Gasteiger partial charge in [-0.15, -0.1) is 0 Å². The summed E-state index contributed by atoms with van der Waals surface area (Å²) in [6.45, 7) is -0.0106. The Morgan fingerprint density at radius 3 is 2.62 bits per heavy atom. The molecule has 0 spiro atoms. The number of aliphatic hydroxyl groups is 1. The lowest BCUT2D eigenvalue weighted by atomic mass is 10.0. The fourth-order valence-electron chi connectivity index (χ4n) is 1.48. The van der Waals surface area contributed by atoms with Gasteiger partial charge in [0, 0.05) is 11.1 Å². The first-order valence-corrected chi connectivity index (χ1v) is 4.38. The summed E-state index contributed by atoms with van der Waals surface area (Å²) >= 11 is 0. The number of hydrogen-bond donors (Lipinski definition) is 3. The van der Waals surface area contributed by atoms with Crippen LogP contribution in [0.15, 0.2) is 18.2 Å². The van der Waals surface area contributed by atoms with Gasteiger partial charge in [-0.1, -0.05) is 6.07 Å². The molecule has 1 aromatic rings. The van der Waals surface area contributed by atoms with E-state index in [4.69, 9.17) is 10.8 Å². The van der Waals surface area contributed by atoms with Gasteiger partial charge in [-0.3, -0.25) is 0 Å². The van der Waals surface area contributed by atoms with E-state index in [2.05, 4.69) is 0 Å². The molecule has 0 amide bonds. The average molecular weight is 179 g/mol. The fourth-order valence-corrected chi connectivity index (χ4v) is 1.48. The van der Waals surface area contributed by atoms with Crippen LogP contribution in [-0.2, 0) is 12.1 Å². The van der Waals surface area contributed by atoms with Gasteiger partial charge < -0.3 is 15.9 Å². The lowest BCUT2D eigenvalue weighted by Gasteiger charge is -2.12. The Hall–Kier alpha value is -1.06. The predicted octanol–water partition coefficient (Wildman–Crippen LogP) is 0.832. The van der Waals surface area contributed by atoms with E-state index >= 15 is 0 Å². The second-order valence-corrected chi connectivity index (χ2v) is 3.67. The quantitative estimate of drug-likeness (QED) is 0.630. The molecule has 0 saturated heterocycles. The molecule has 1 aromatic carbocycles. The SMILES string of the molecule is NC1(c2cc(CO)ccc2O)CC1. The fraction of sp³-hybridized carbons (Fsp3) is 0.400. The van der Waals surface area contributed by atoms with E-state index in [1.807, 2.05) is 0 Å². The maximum absolute atomic E-state index is 9.54. The Balaban J connectivity index is 2.43. The maximum Gasteiger partial charge on any atom is 0.120 e. The monoisotopic (exact) mass is 179 g/mol. The third-order valence-electron chi connectivity index (χ3n) is 2.57. The van der Waals surface area contributed by atoms with E-state index in [1.54, 1.807) is 18.2 Å². The largest absolute Gasteiger partial charge is 0.508 e. The first-order valence-electron chi connectivity index (χ1n) is 4.38. The van der Waals surface area contributed by atoms with Gasteiger partial charge in [0.2, 0.25) is 0 Å². The number of benzene rings is 1. The van der Waals surface area contributed by atoms with E-state index in [9.17, 15) is 5.11 Å². The second-order valence-electron chi connectivity index (χ2n) is 3.67. The van der Waals surface area contributed by atoms with E-state index in [0.717, 1.165) is 24.0 Å². The molecule has 13 heavy (non-hydrogen) atoms. The van der Waals surface area contributed by atoms with Crippen LogP contribution in [0.3, 0.4) is 0 Å². The zero-order chi connectivity index (χ0) is 9.47. The maximum atomic E-state index is 9.54. The van der Waals surface area contributed by atoms with Crippen LogP contribution in [0.25, 0.3) is 0 Å². The normalized spacial score (nSPS) is 18.6. The van der Waals surface area contributed by atoms with Gasteiger partial charge in [0.1, 0.15) is 5.75 Å². The Morgan fingerprint density at radius 2 is 2.08 bits per heavy atom. The number of phenolic OH excluding ortho intramolecular Hbond substituents is 1. The molecule has 3 nitrogen and oxygen atoms in total. The third kappa shape index (κ3) is 1.41. The summed E-state index contributed by atoms with van der Waals surface area (Å²) in [5.74, 6) is 0.234. The zero-order valence-corrected chi connectivity index (χ0v) is 7.33. The van der Waals surface area contributed by atoms with E-state index < -0.39 is 0 Å². The third-order valence-corrected chi connectivity index (χ3v) is 2.57. The number of hydrogen-bond acceptors (Lipinski definition) is 3. The molecule has 1 aliphatic carbocycles. The van der Waals surface area contributed by atoms with Crippen molar-refractivity contribution in [1.82, 2.24) is 0 Å². The first-order chi connectivity index (χ1) is 6.15. The van der Waals surface area contributed by atoms with Crippen molar-refractivity contribution in [1.29, 1.82) is 0 Å². The molecule has 0 bridgehead atoms. The van der Waals surface area contributed by atoms with Crippen LogP contribution < -0.4 is 5.73 Å². The Bertz CT molecular complexity index is 332. The van der Waals surface area contributed by atoms with Gasteiger partial charge in [-0.05, 0) is 30.5 Å². The molecule has 0 unspecified atom stereocenters. The van der Waals surface area contributed by atoms with Crippen molar-refractivity contribution in [3.8, 4) is 5.75 Å². The molecule has 1 aliphatic rings.